The highest BCUT2D eigenvalue weighted by molar-refractivity contribution is 7.92. The molecule has 0 aliphatic heterocycles. The zero-order chi connectivity index (χ0) is 22.0. The molecule has 4 rings (SSSR count). The van der Waals surface area contributed by atoms with E-state index in [2.05, 4.69) is 15.0 Å². The van der Waals surface area contributed by atoms with Crippen LogP contribution in [0.1, 0.15) is 5.56 Å². The number of phenolic OH excluding ortho intramolecular Hbond substituents is 1. The molecule has 0 aromatic heterocycles. The van der Waals surface area contributed by atoms with E-state index in [4.69, 9.17) is 5.73 Å². The van der Waals surface area contributed by atoms with E-state index in [1.54, 1.807) is 66.7 Å². The number of nitrogens with two attached hydrogens (primary N) is 1. The number of phenols is 1. The van der Waals surface area contributed by atoms with E-state index in [0.717, 1.165) is 10.9 Å². The van der Waals surface area contributed by atoms with E-state index in [9.17, 15) is 13.5 Å². The highest BCUT2D eigenvalue weighted by Crippen LogP contribution is 2.40. The molecular weight excluding hydrogens is 412 g/mol. The fourth-order valence-corrected chi connectivity index (χ4v) is 4.48. The van der Waals surface area contributed by atoms with Crippen molar-refractivity contribution in [1.82, 2.24) is 0 Å². The van der Waals surface area contributed by atoms with Crippen molar-refractivity contribution in [2.75, 3.05) is 10.5 Å². The van der Waals surface area contributed by atoms with Crippen molar-refractivity contribution in [2.45, 2.75) is 11.8 Å². The average Bonchev–Trinajstić information content (AvgIpc) is 2.74. The van der Waals surface area contributed by atoms with Gasteiger partial charge in [0.15, 0.2) is 0 Å². The normalized spacial score (nSPS) is 11.8. The lowest BCUT2D eigenvalue weighted by Gasteiger charge is -2.10. The number of rotatable bonds is 5. The number of azo groups is 1. The fourth-order valence-electron chi connectivity index (χ4n) is 3.28. The monoisotopic (exact) mass is 432 g/mol. The lowest BCUT2D eigenvalue weighted by atomic mass is 10.0. The van der Waals surface area contributed by atoms with Gasteiger partial charge in [-0.1, -0.05) is 42.5 Å². The summed E-state index contributed by atoms with van der Waals surface area (Å²) >= 11 is 0. The van der Waals surface area contributed by atoms with Crippen molar-refractivity contribution in [1.29, 1.82) is 0 Å². The molecule has 0 saturated heterocycles. The molecule has 0 saturated carbocycles. The molecular formula is C23H20N4O3S. The number of nitrogens with one attached hydrogen (secondary N) is 1. The number of sulfonamides is 1. The minimum absolute atomic E-state index is 0.0264. The smallest absolute Gasteiger partial charge is 0.264 e. The van der Waals surface area contributed by atoms with Gasteiger partial charge < -0.3 is 10.8 Å². The first-order valence-electron chi connectivity index (χ1n) is 9.45. The van der Waals surface area contributed by atoms with Crippen LogP contribution in [-0.4, -0.2) is 13.5 Å². The van der Waals surface area contributed by atoms with Gasteiger partial charge in [0.05, 0.1) is 11.1 Å². The van der Waals surface area contributed by atoms with Crippen LogP contribution in [-0.2, 0) is 10.0 Å². The van der Waals surface area contributed by atoms with Gasteiger partial charge >= 0.3 is 0 Å². The fraction of sp³-hybridized carbons (Fsp3) is 0.0435. The predicted molar refractivity (Wildman–Crippen MR) is 123 cm³/mol. The first-order chi connectivity index (χ1) is 14.8. The van der Waals surface area contributed by atoms with Crippen LogP contribution in [0, 0.1) is 6.92 Å². The summed E-state index contributed by atoms with van der Waals surface area (Å²) in [4.78, 5) is -0.0264. The van der Waals surface area contributed by atoms with Gasteiger partial charge in [0.2, 0.25) is 0 Å². The molecule has 0 fully saturated rings. The second-order valence-corrected chi connectivity index (χ2v) is 8.68. The quantitative estimate of drug-likeness (QED) is 0.279. The summed E-state index contributed by atoms with van der Waals surface area (Å²) in [6.07, 6.45) is 0. The van der Waals surface area contributed by atoms with Gasteiger partial charge in [-0.15, -0.1) is 10.2 Å². The van der Waals surface area contributed by atoms with Gasteiger partial charge in [-0.25, -0.2) is 8.42 Å². The molecule has 4 N–H and O–H groups in total. The van der Waals surface area contributed by atoms with Crippen molar-refractivity contribution in [3.8, 4) is 5.75 Å². The van der Waals surface area contributed by atoms with E-state index in [0.29, 0.717) is 16.8 Å². The molecule has 156 valence electrons. The topological polar surface area (TPSA) is 117 Å². The van der Waals surface area contributed by atoms with Gasteiger partial charge in [-0.05, 0) is 54.3 Å². The molecule has 0 aliphatic carbocycles. The van der Waals surface area contributed by atoms with Gasteiger partial charge in [0, 0.05) is 5.69 Å². The number of anilines is 2. The lowest BCUT2D eigenvalue weighted by molar-refractivity contribution is 0.481. The third-order valence-corrected chi connectivity index (χ3v) is 6.11. The number of hydrogen-bond acceptors (Lipinski definition) is 6. The number of nitrogen functional groups attached to an aromatic ring is 1. The molecule has 0 aliphatic rings. The van der Waals surface area contributed by atoms with Crippen LogP contribution in [0.15, 0.2) is 94.0 Å². The summed E-state index contributed by atoms with van der Waals surface area (Å²) < 4.78 is 28.4. The minimum atomic E-state index is -3.90. The van der Waals surface area contributed by atoms with Gasteiger partial charge in [-0.3, -0.25) is 4.72 Å². The van der Waals surface area contributed by atoms with E-state index in [1.165, 1.54) is 6.07 Å². The van der Waals surface area contributed by atoms with Crippen LogP contribution in [0.3, 0.4) is 0 Å². The molecule has 7 nitrogen and oxygen atoms in total. The van der Waals surface area contributed by atoms with Crippen LogP contribution in [0.25, 0.3) is 10.8 Å². The van der Waals surface area contributed by atoms with Crippen molar-refractivity contribution < 1.29 is 13.5 Å². The van der Waals surface area contributed by atoms with Gasteiger partial charge in [0.1, 0.15) is 22.0 Å². The van der Waals surface area contributed by atoms with Crippen molar-refractivity contribution in [3.63, 3.8) is 0 Å². The minimum Gasteiger partial charge on any atom is -0.507 e. The van der Waals surface area contributed by atoms with Crippen LogP contribution in [0.4, 0.5) is 22.7 Å². The maximum atomic E-state index is 12.9. The Morgan fingerprint density at radius 2 is 1.61 bits per heavy atom. The Morgan fingerprint density at radius 3 is 2.39 bits per heavy atom. The summed E-state index contributed by atoms with van der Waals surface area (Å²) in [6.45, 7) is 1.87. The van der Waals surface area contributed by atoms with Crippen molar-refractivity contribution >= 4 is 43.5 Å². The molecule has 0 atom stereocenters. The number of nitrogens with zero attached hydrogens (tertiary/aromatic N) is 2. The van der Waals surface area contributed by atoms with Crippen molar-refractivity contribution in [3.05, 3.63) is 84.4 Å². The van der Waals surface area contributed by atoms with E-state index in [1.807, 2.05) is 13.0 Å². The average molecular weight is 433 g/mol. The SMILES string of the molecule is Cc1cc(O)c2c(/N=N/c3ccccc3S(=O)(=O)Nc3ccccc3)c(N)ccc2c1. The maximum Gasteiger partial charge on any atom is 0.264 e. The number of hydrogen-bond donors (Lipinski definition) is 3. The number of aryl methyl sites for hydroxylation is 1. The summed E-state index contributed by atoms with van der Waals surface area (Å²) in [7, 11) is -3.90. The number of aromatic hydroxyl groups is 1. The highest BCUT2D eigenvalue weighted by Gasteiger charge is 2.19. The molecule has 0 bridgehead atoms. The Balaban J connectivity index is 1.78. The highest BCUT2D eigenvalue weighted by atomic mass is 32.2. The van der Waals surface area contributed by atoms with E-state index in [-0.39, 0.29) is 22.0 Å². The zero-order valence-electron chi connectivity index (χ0n) is 16.6. The molecule has 8 heteroatoms. The van der Waals surface area contributed by atoms with Crippen LogP contribution in [0.2, 0.25) is 0 Å². The number of fused-ring (bicyclic) bond motifs is 1. The standard InChI is InChI=1S/C23H20N4O3S/c1-15-13-16-11-12-18(24)23(22(16)20(28)14-15)26-25-19-9-5-6-10-21(19)31(29,30)27-17-7-3-2-4-8-17/h2-14,27-28H,24H2,1H3/b26-25+. The molecule has 0 amide bonds. The third kappa shape index (κ3) is 4.19. The van der Waals surface area contributed by atoms with Gasteiger partial charge in [-0.2, -0.15) is 0 Å². The second-order valence-electron chi connectivity index (χ2n) is 7.02. The van der Waals surface area contributed by atoms with Crippen LogP contribution in [0.5, 0.6) is 5.75 Å². The molecule has 4 aromatic rings. The zero-order valence-corrected chi connectivity index (χ0v) is 17.5. The Hall–Kier alpha value is -3.91. The first-order valence-corrected chi connectivity index (χ1v) is 10.9. The summed E-state index contributed by atoms with van der Waals surface area (Å²) in [5.41, 5.74) is 8.16. The first kappa shape index (κ1) is 20.4. The summed E-state index contributed by atoms with van der Waals surface area (Å²) in [6, 6.07) is 21.8. The Morgan fingerprint density at radius 1 is 0.903 bits per heavy atom. The van der Waals surface area contributed by atoms with Crippen LogP contribution < -0.4 is 10.5 Å². The lowest BCUT2D eigenvalue weighted by Crippen LogP contribution is -2.12. The van der Waals surface area contributed by atoms with Crippen LogP contribution >= 0.6 is 0 Å². The number of benzene rings is 4. The molecule has 31 heavy (non-hydrogen) atoms. The molecule has 0 heterocycles. The number of para-hydroxylation sites is 1. The molecule has 4 aromatic carbocycles. The molecule has 0 spiro atoms. The van der Waals surface area contributed by atoms with Gasteiger partial charge in [0.25, 0.3) is 10.0 Å². The largest absolute Gasteiger partial charge is 0.507 e. The maximum absolute atomic E-state index is 12.9. The predicted octanol–water partition coefficient (Wildman–Crippen LogP) is 5.65. The Bertz CT molecular complexity index is 1400. The Labute approximate surface area is 179 Å². The molecule has 0 unspecified atom stereocenters. The third-order valence-electron chi connectivity index (χ3n) is 4.68. The second kappa shape index (κ2) is 8.08. The summed E-state index contributed by atoms with van der Waals surface area (Å²) in [5, 5.41) is 20.0. The van der Waals surface area contributed by atoms with E-state index >= 15 is 0 Å². The summed E-state index contributed by atoms with van der Waals surface area (Å²) in [5.74, 6) is 0.0305. The Kier molecular flexibility index (Phi) is 5.31. The van der Waals surface area contributed by atoms with Crippen molar-refractivity contribution in [2.24, 2.45) is 10.2 Å². The van der Waals surface area contributed by atoms with E-state index < -0.39 is 10.0 Å². The molecule has 0 radical (unpaired) electrons.